The zero-order valence-corrected chi connectivity index (χ0v) is 11.9. The molecule has 2 aliphatic rings. The molecule has 0 heterocycles. The predicted molar refractivity (Wildman–Crippen MR) is 75.5 cm³/mol. The largest absolute Gasteiger partial charge is 0.388 e. The number of carbonyl (C=O) groups excluding carboxylic acids is 1. The zero-order valence-electron chi connectivity index (χ0n) is 11.9. The van der Waals surface area contributed by atoms with Crippen LogP contribution in [0, 0.1) is 11.8 Å². The van der Waals surface area contributed by atoms with E-state index in [-0.39, 0.29) is 11.8 Å². The van der Waals surface area contributed by atoms with Crippen molar-refractivity contribution in [2.45, 2.75) is 63.4 Å². The quantitative estimate of drug-likeness (QED) is 0.677. The highest BCUT2D eigenvalue weighted by molar-refractivity contribution is 5.79. The minimum atomic E-state index is -0.678. The molecule has 2 rings (SSSR count). The fourth-order valence-corrected chi connectivity index (χ4v) is 3.61. The first-order valence-corrected chi connectivity index (χ1v) is 7.85. The van der Waals surface area contributed by atoms with Crippen molar-refractivity contribution in [3.05, 3.63) is 0 Å². The van der Waals surface area contributed by atoms with Crippen LogP contribution in [-0.2, 0) is 4.79 Å². The molecule has 2 saturated carbocycles. The van der Waals surface area contributed by atoms with E-state index in [0.717, 1.165) is 44.9 Å². The average Bonchev–Trinajstić information content (AvgIpc) is 2.79. The molecule has 0 bridgehead atoms. The number of nitrogens with one attached hydrogen (secondary N) is 1. The van der Waals surface area contributed by atoms with Gasteiger partial charge in [-0.15, -0.1) is 0 Å². The fraction of sp³-hybridized carbons (Fsp3) is 0.933. The Kier molecular flexibility index (Phi) is 5.22. The molecule has 2 aliphatic carbocycles. The summed E-state index contributed by atoms with van der Waals surface area (Å²) in [5, 5.41) is 13.5. The molecule has 0 aromatic carbocycles. The summed E-state index contributed by atoms with van der Waals surface area (Å²) in [5.74, 6) is 0.508. The van der Waals surface area contributed by atoms with E-state index in [0.29, 0.717) is 19.0 Å². The van der Waals surface area contributed by atoms with Crippen molar-refractivity contribution in [3.8, 4) is 0 Å². The lowest BCUT2D eigenvalue weighted by Crippen LogP contribution is -2.45. The van der Waals surface area contributed by atoms with E-state index in [1.165, 1.54) is 12.8 Å². The van der Waals surface area contributed by atoms with Crippen LogP contribution >= 0.6 is 0 Å². The van der Waals surface area contributed by atoms with Crippen molar-refractivity contribution in [1.82, 2.24) is 5.32 Å². The Bertz CT molecular complexity index is 299. The van der Waals surface area contributed by atoms with E-state index in [1.807, 2.05) is 0 Å². The first-order chi connectivity index (χ1) is 9.14. The van der Waals surface area contributed by atoms with Gasteiger partial charge in [0.1, 0.15) is 0 Å². The maximum absolute atomic E-state index is 12.2. The second-order valence-electron chi connectivity index (χ2n) is 6.39. The second kappa shape index (κ2) is 6.71. The molecule has 4 N–H and O–H groups in total. The number of amides is 1. The van der Waals surface area contributed by atoms with Crippen molar-refractivity contribution in [1.29, 1.82) is 0 Å². The first kappa shape index (κ1) is 14.8. The molecule has 2 fully saturated rings. The van der Waals surface area contributed by atoms with Crippen LogP contribution in [0.3, 0.4) is 0 Å². The van der Waals surface area contributed by atoms with Gasteiger partial charge in [0, 0.05) is 12.5 Å². The van der Waals surface area contributed by atoms with Gasteiger partial charge >= 0.3 is 0 Å². The molecular formula is C15H28N2O2. The summed E-state index contributed by atoms with van der Waals surface area (Å²) >= 11 is 0. The van der Waals surface area contributed by atoms with Gasteiger partial charge in [-0.1, -0.05) is 32.1 Å². The first-order valence-electron chi connectivity index (χ1n) is 7.85. The number of rotatable bonds is 4. The highest BCUT2D eigenvalue weighted by Gasteiger charge is 2.34. The Morgan fingerprint density at radius 3 is 2.47 bits per heavy atom. The highest BCUT2D eigenvalue weighted by Crippen LogP contribution is 2.31. The topological polar surface area (TPSA) is 75.4 Å². The average molecular weight is 268 g/mol. The molecule has 19 heavy (non-hydrogen) atoms. The lowest BCUT2D eigenvalue weighted by molar-refractivity contribution is -0.127. The van der Waals surface area contributed by atoms with Gasteiger partial charge in [0.25, 0.3) is 0 Å². The molecule has 0 aromatic rings. The molecule has 4 nitrogen and oxygen atoms in total. The Morgan fingerprint density at radius 1 is 1.16 bits per heavy atom. The Labute approximate surface area is 116 Å². The van der Waals surface area contributed by atoms with Crippen LogP contribution in [0.5, 0.6) is 0 Å². The minimum Gasteiger partial charge on any atom is -0.388 e. The minimum absolute atomic E-state index is 0.0689. The van der Waals surface area contributed by atoms with Crippen LogP contribution in [0.1, 0.15) is 57.8 Å². The van der Waals surface area contributed by atoms with Crippen molar-refractivity contribution in [2.75, 3.05) is 13.1 Å². The van der Waals surface area contributed by atoms with Crippen LogP contribution in [0.25, 0.3) is 0 Å². The van der Waals surface area contributed by atoms with E-state index >= 15 is 0 Å². The van der Waals surface area contributed by atoms with Crippen LogP contribution in [-0.4, -0.2) is 29.7 Å². The SMILES string of the molecule is NCC1CCCC1C(=O)NCC1(O)CCCCCC1. The molecule has 0 spiro atoms. The van der Waals surface area contributed by atoms with Crippen molar-refractivity contribution in [3.63, 3.8) is 0 Å². The van der Waals surface area contributed by atoms with Crippen molar-refractivity contribution < 1.29 is 9.90 Å². The van der Waals surface area contributed by atoms with Gasteiger partial charge in [-0.25, -0.2) is 0 Å². The summed E-state index contributed by atoms with van der Waals surface area (Å²) in [7, 11) is 0. The summed E-state index contributed by atoms with van der Waals surface area (Å²) in [4.78, 5) is 12.2. The monoisotopic (exact) mass is 268 g/mol. The number of aliphatic hydroxyl groups is 1. The summed E-state index contributed by atoms with van der Waals surface area (Å²) < 4.78 is 0. The van der Waals surface area contributed by atoms with Crippen LogP contribution in [0.2, 0.25) is 0 Å². The molecule has 0 saturated heterocycles. The number of nitrogens with two attached hydrogens (primary N) is 1. The van der Waals surface area contributed by atoms with Gasteiger partial charge in [-0.2, -0.15) is 0 Å². The number of hydrogen-bond acceptors (Lipinski definition) is 3. The summed E-state index contributed by atoms with van der Waals surface area (Å²) in [6, 6.07) is 0. The third kappa shape index (κ3) is 3.93. The Morgan fingerprint density at radius 2 is 1.84 bits per heavy atom. The van der Waals surface area contributed by atoms with Crippen LogP contribution < -0.4 is 11.1 Å². The Balaban J connectivity index is 1.82. The van der Waals surface area contributed by atoms with Crippen LogP contribution in [0.15, 0.2) is 0 Å². The summed E-state index contributed by atoms with van der Waals surface area (Å²) in [5.41, 5.74) is 5.04. The van der Waals surface area contributed by atoms with E-state index in [2.05, 4.69) is 5.32 Å². The third-order valence-electron chi connectivity index (χ3n) is 4.92. The van der Waals surface area contributed by atoms with Gasteiger partial charge in [0.15, 0.2) is 0 Å². The summed E-state index contributed by atoms with van der Waals surface area (Å²) in [6.45, 7) is 1.02. The molecule has 0 aliphatic heterocycles. The number of carbonyl (C=O) groups is 1. The molecule has 4 heteroatoms. The van der Waals surface area contributed by atoms with Gasteiger partial charge in [0.05, 0.1) is 5.60 Å². The van der Waals surface area contributed by atoms with Gasteiger partial charge in [-0.3, -0.25) is 4.79 Å². The Hall–Kier alpha value is -0.610. The maximum Gasteiger partial charge on any atom is 0.223 e. The molecule has 2 unspecified atom stereocenters. The summed E-state index contributed by atoms with van der Waals surface area (Å²) in [6.07, 6.45) is 9.30. The van der Waals surface area contributed by atoms with Gasteiger partial charge < -0.3 is 16.2 Å². The van der Waals surface area contributed by atoms with Crippen LogP contribution in [0.4, 0.5) is 0 Å². The molecule has 110 valence electrons. The lowest BCUT2D eigenvalue weighted by atomic mass is 9.92. The standard InChI is InChI=1S/C15H28N2O2/c16-10-12-6-5-7-13(12)14(18)17-11-15(19)8-3-1-2-4-9-15/h12-13,19H,1-11,16H2,(H,17,18). The fourth-order valence-electron chi connectivity index (χ4n) is 3.61. The lowest BCUT2D eigenvalue weighted by Gasteiger charge is -2.28. The van der Waals surface area contributed by atoms with E-state index in [1.54, 1.807) is 0 Å². The highest BCUT2D eigenvalue weighted by atomic mass is 16.3. The van der Waals surface area contributed by atoms with Gasteiger partial charge in [-0.05, 0) is 38.1 Å². The molecule has 2 atom stereocenters. The molecule has 0 aromatic heterocycles. The van der Waals surface area contributed by atoms with Gasteiger partial charge in [0.2, 0.25) is 5.91 Å². The molecule has 1 amide bonds. The smallest absolute Gasteiger partial charge is 0.223 e. The molecule has 0 radical (unpaired) electrons. The van der Waals surface area contributed by atoms with E-state index in [4.69, 9.17) is 5.73 Å². The van der Waals surface area contributed by atoms with E-state index in [9.17, 15) is 9.90 Å². The number of hydrogen-bond donors (Lipinski definition) is 3. The maximum atomic E-state index is 12.2. The third-order valence-corrected chi connectivity index (χ3v) is 4.92. The van der Waals surface area contributed by atoms with Crippen molar-refractivity contribution >= 4 is 5.91 Å². The predicted octanol–water partition coefficient (Wildman–Crippen LogP) is 1.56. The molecular weight excluding hydrogens is 240 g/mol. The van der Waals surface area contributed by atoms with Crippen molar-refractivity contribution in [2.24, 2.45) is 17.6 Å². The normalized spacial score (nSPS) is 30.8. The van der Waals surface area contributed by atoms with E-state index < -0.39 is 5.60 Å². The zero-order chi connectivity index (χ0) is 13.7. The second-order valence-corrected chi connectivity index (χ2v) is 6.39.